The molecule has 4 rings (SSSR count). The Morgan fingerprint density at radius 2 is 1.47 bits per heavy atom. The molecule has 0 spiro atoms. The lowest BCUT2D eigenvalue weighted by molar-refractivity contribution is -0.385. The molecule has 12 heteroatoms. The van der Waals surface area contributed by atoms with Gasteiger partial charge in [0, 0.05) is 17.5 Å². The molecular formula is C20H14N8O4. The van der Waals surface area contributed by atoms with Crippen molar-refractivity contribution < 1.29 is 9.85 Å². The number of nitro groups is 2. The molecule has 2 aromatic heterocycles. The number of fused-ring (bicyclic) bond motifs is 1. The van der Waals surface area contributed by atoms with Crippen LogP contribution in [0.5, 0.6) is 0 Å². The van der Waals surface area contributed by atoms with Crippen LogP contribution in [0.1, 0.15) is 0 Å². The standard InChI is InChI=1S/C20H14N8O4/c29-27(30)14-6-9-18(21-11-14)24-23-17-8-5-13-3-1-2-4-16(13)20(17)26-25-19-10-7-15(12-22-19)28(31)32/h1-12,23H,(H,21,24). The average Bonchev–Trinajstić information content (AvgIpc) is 2.82. The Kier molecular flexibility index (Phi) is 5.57. The molecular weight excluding hydrogens is 416 g/mol. The molecule has 0 aliphatic carbocycles. The minimum atomic E-state index is -0.543. The summed E-state index contributed by atoms with van der Waals surface area (Å²) < 4.78 is 0. The zero-order valence-corrected chi connectivity index (χ0v) is 16.2. The maximum atomic E-state index is 10.8. The number of anilines is 2. The van der Waals surface area contributed by atoms with Gasteiger partial charge in [0.05, 0.1) is 15.5 Å². The SMILES string of the molecule is O=[N+]([O-])c1ccc(N=Nc2c(NNc3ccc([N+](=O)[O-])cn3)ccc3ccccc23)nc1. The second-order valence-corrected chi connectivity index (χ2v) is 6.42. The van der Waals surface area contributed by atoms with E-state index in [1.54, 1.807) is 6.07 Å². The Bertz CT molecular complexity index is 1320. The lowest BCUT2D eigenvalue weighted by Crippen LogP contribution is -2.10. The minimum absolute atomic E-state index is 0.119. The monoisotopic (exact) mass is 430 g/mol. The largest absolute Gasteiger partial charge is 0.297 e. The van der Waals surface area contributed by atoms with E-state index in [-0.39, 0.29) is 17.2 Å². The van der Waals surface area contributed by atoms with Gasteiger partial charge in [-0.2, -0.15) is 0 Å². The number of pyridine rings is 2. The quantitative estimate of drug-likeness (QED) is 0.227. The predicted octanol–water partition coefficient (Wildman–Crippen LogP) is 5.30. The second-order valence-electron chi connectivity index (χ2n) is 6.42. The van der Waals surface area contributed by atoms with Gasteiger partial charge in [-0.25, -0.2) is 9.97 Å². The van der Waals surface area contributed by atoms with Crippen LogP contribution >= 0.6 is 0 Å². The highest BCUT2D eigenvalue weighted by atomic mass is 16.6. The Labute approximate surface area is 179 Å². The number of nitrogens with one attached hydrogen (secondary N) is 2. The van der Waals surface area contributed by atoms with Gasteiger partial charge in [0.2, 0.25) is 0 Å². The third-order valence-corrected chi connectivity index (χ3v) is 4.38. The third-order valence-electron chi connectivity index (χ3n) is 4.38. The van der Waals surface area contributed by atoms with Crippen molar-refractivity contribution in [1.29, 1.82) is 0 Å². The van der Waals surface area contributed by atoms with Crippen molar-refractivity contribution in [1.82, 2.24) is 9.97 Å². The molecule has 0 aliphatic rings. The summed E-state index contributed by atoms with van der Waals surface area (Å²) in [6, 6.07) is 16.7. The molecule has 0 bridgehead atoms. The number of nitrogens with zero attached hydrogens (tertiary/aromatic N) is 6. The maximum Gasteiger partial charge on any atom is 0.287 e. The fourth-order valence-corrected chi connectivity index (χ4v) is 2.81. The van der Waals surface area contributed by atoms with Gasteiger partial charge in [-0.1, -0.05) is 30.3 Å². The molecule has 0 unspecified atom stereocenters. The molecule has 32 heavy (non-hydrogen) atoms. The number of hydrogen-bond donors (Lipinski definition) is 2. The van der Waals surface area contributed by atoms with E-state index >= 15 is 0 Å². The normalized spacial score (nSPS) is 10.9. The van der Waals surface area contributed by atoms with E-state index in [0.717, 1.165) is 23.2 Å². The molecule has 0 atom stereocenters. The number of aromatic nitrogens is 2. The molecule has 0 saturated heterocycles. The topological polar surface area (TPSA) is 161 Å². The van der Waals surface area contributed by atoms with Gasteiger partial charge in [-0.05, 0) is 23.6 Å². The summed E-state index contributed by atoms with van der Waals surface area (Å²) in [5.74, 6) is 0.572. The minimum Gasteiger partial charge on any atom is -0.297 e. The lowest BCUT2D eigenvalue weighted by Gasteiger charge is -2.12. The summed E-state index contributed by atoms with van der Waals surface area (Å²) in [5, 5.41) is 31.7. The average molecular weight is 430 g/mol. The molecule has 4 aromatic rings. The van der Waals surface area contributed by atoms with Gasteiger partial charge in [0.25, 0.3) is 11.4 Å². The van der Waals surface area contributed by atoms with Crippen molar-refractivity contribution in [3.8, 4) is 0 Å². The van der Waals surface area contributed by atoms with E-state index < -0.39 is 9.85 Å². The zero-order chi connectivity index (χ0) is 22.5. The van der Waals surface area contributed by atoms with Crippen molar-refractivity contribution in [2.75, 3.05) is 10.9 Å². The van der Waals surface area contributed by atoms with Crippen LogP contribution in [0, 0.1) is 20.2 Å². The second kappa shape index (κ2) is 8.79. The number of rotatable bonds is 7. The summed E-state index contributed by atoms with van der Waals surface area (Å²) in [7, 11) is 0. The fraction of sp³-hybridized carbons (Fsp3) is 0. The first-order chi connectivity index (χ1) is 15.5. The van der Waals surface area contributed by atoms with Crippen molar-refractivity contribution in [2.24, 2.45) is 10.2 Å². The summed E-state index contributed by atoms with van der Waals surface area (Å²) in [6.07, 6.45) is 2.25. The van der Waals surface area contributed by atoms with E-state index in [9.17, 15) is 20.2 Å². The maximum absolute atomic E-state index is 10.8. The van der Waals surface area contributed by atoms with Crippen molar-refractivity contribution in [3.63, 3.8) is 0 Å². The first kappa shape index (κ1) is 20.3. The van der Waals surface area contributed by atoms with Gasteiger partial charge in [0.15, 0.2) is 5.82 Å². The molecule has 2 N–H and O–H groups in total. The smallest absolute Gasteiger partial charge is 0.287 e. The number of azo groups is 1. The molecule has 0 saturated carbocycles. The van der Waals surface area contributed by atoms with Crippen LogP contribution in [0.4, 0.5) is 34.4 Å². The summed E-state index contributed by atoms with van der Waals surface area (Å²) in [5.41, 5.74) is 6.66. The van der Waals surface area contributed by atoms with Crippen LogP contribution in [-0.4, -0.2) is 19.8 Å². The van der Waals surface area contributed by atoms with Crippen molar-refractivity contribution >= 4 is 45.2 Å². The van der Waals surface area contributed by atoms with Crippen LogP contribution in [0.15, 0.2) is 83.3 Å². The highest BCUT2D eigenvalue weighted by Gasteiger charge is 2.10. The van der Waals surface area contributed by atoms with Crippen LogP contribution in [0.3, 0.4) is 0 Å². The molecule has 2 heterocycles. The van der Waals surface area contributed by atoms with E-state index in [2.05, 4.69) is 31.0 Å². The van der Waals surface area contributed by atoms with Crippen molar-refractivity contribution in [2.45, 2.75) is 0 Å². The Morgan fingerprint density at radius 3 is 2.12 bits per heavy atom. The Hall–Kier alpha value is -5.00. The van der Waals surface area contributed by atoms with Crippen LogP contribution < -0.4 is 10.9 Å². The van der Waals surface area contributed by atoms with Gasteiger partial charge < -0.3 is 0 Å². The molecule has 0 amide bonds. The number of hydrazine groups is 1. The van der Waals surface area contributed by atoms with E-state index in [4.69, 9.17) is 0 Å². The predicted molar refractivity (Wildman–Crippen MR) is 117 cm³/mol. The summed E-state index contributed by atoms with van der Waals surface area (Å²) in [4.78, 5) is 28.4. The summed E-state index contributed by atoms with van der Waals surface area (Å²) in [6.45, 7) is 0. The fourth-order valence-electron chi connectivity index (χ4n) is 2.81. The number of hydrogen-bond acceptors (Lipinski definition) is 10. The molecule has 0 fully saturated rings. The molecule has 0 radical (unpaired) electrons. The van der Waals surface area contributed by atoms with Crippen LogP contribution in [0.25, 0.3) is 10.8 Å². The van der Waals surface area contributed by atoms with Gasteiger partial charge in [-0.15, -0.1) is 10.2 Å². The van der Waals surface area contributed by atoms with E-state index in [0.29, 0.717) is 17.2 Å². The van der Waals surface area contributed by atoms with Gasteiger partial charge in [0.1, 0.15) is 23.9 Å². The highest BCUT2D eigenvalue weighted by molar-refractivity contribution is 5.98. The Morgan fingerprint density at radius 1 is 0.750 bits per heavy atom. The highest BCUT2D eigenvalue weighted by Crippen LogP contribution is 2.35. The third kappa shape index (κ3) is 4.43. The zero-order valence-electron chi connectivity index (χ0n) is 16.2. The van der Waals surface area contributed by atoms with Crippen molar-refractivity contribution in [3.05, 3.63) is 93.3 Å². The van der Waals surface area contributed by atoms with Gasteiger partial charge >= 0.3 is 0 Å². The Balaban J connectivity index is 1.63. The van der Waals surface area contributed by atoms with Crippen LogP contribution in [0.2, 0.25) is 0 Å². The first-order valence-electron chi connectivity index (χ1n) is 9.18. The van der Waals surface area contributed by atoms with E-state index in [1.807, 2.05) is 30.3 Å². The lowest BCUT2D eigenvalue weighted by atomic mass is 10.1. The van der Waals surface area contributed by atoms with E-state index in [1.165, 1.54) is 24.3 Å². The summed E-state index contributed by atoms with van der Waals surface area (Å²) >= 11 is 0. The molecule has 2 aromatic carbocycles. The van der Waals surface area contributed by atoms with Crippen LogP contribution in [-0.2, 0) is 0 Å². The molecule has 12 nitrogen and oxygen atoms in total. The first-order valence-corrected chi connectivity index (χ1v) is 9.18. The molecule has 0 aliphatic heterocycles. The molecule has 158 valence electrons. The number of benzene rings is 2. The van der Waals surface area contributed by atoms with Gasteiger partial charge in [-0.3, -0.25) is 31.1 Å².